The molecule has 1 rings (SSSR count). The van der Waals surface area contributed by atoms with Crippen molar-refractivity contribution in [1.29, 1.82) is 0 Å². The van der Waals surface area contributed by atoms with E-state index in [0.717, 1.165) is 0 Å². The first kappa shape index (κ1) is 11.2. The van der Waals surface area contributed by atoms with Crippen LogP contribution in [0.1, 0.15) is 10.4 Å². The number of amides is 1. The fourth-order valence-electron chi connectivity index (χ4n) is 0.978. The first-order valence-corrected chi connectivity index (χ1v) is 4.52. The molecule has 0 fully saturated rings. The summed E-state index contributed by atoms with van der Waals surface area (Å²) in [5.74, 6) is 0.290. The number of aldehydes is 1. The van der Waals surface area contributed by atoms with Gasteiger partial charge in [-0.1, -0.05) is 12.1 Å². The first-order valence-electron chi connectivity index (χ1n) is 4.52. The second kappa shape index (κ2) is 5.14. The third kappa shape index (κ3) is 3.09. The number of nitrogens with zero attached hydrogens (tertiary/aromatic N) is 1. The number of ether oxygens (including phenoxy) is 1. The van der Waals surface area contributed by atoms with Crippen LogP contribution in [0.5, 0.6) is 5.75 Å². The van der Waals surface area contributed by atoms with Crippen LogP contribution in [0.2, 0.25) is 0 Å². The molecule has 4 nitrogen and oxygen atoms in total. The molecule has 0 saturated heterocycles. The zero-order chi connectivity index (χ0) is 11.3. The lowest BCUT2D eigenvalue weighted by atomic mass is 10.2. The molecule has 0 aliphatic carbocycles. The van der Waals surface area contributed by atoms with Crippen molar-refractivity contribution < 1.29 is 14.3 Å². The van der Waals surface area contributed by atoms with Gasteiger partial charge in [-0.2, -0.15) is 0 Å². The fraction of sp³-hybridized carbons (Fsp3) is 0.273. The molecule has 0 N–H and O–H groups in total. The highest BCUT2D eigenvalue weighted by Gasteiger charge is 2.06. The molecule has 4 heteroatoms. The smallest absolute Gasteiger partial charge is 0.259 e. The Morgan fingerprint density at radius 2 is 2.07 bits per heavy atom. The van der Waals surface area contributed by atoms with E-state index < -0.39 is 0 Å². The van der Waals surface area contributed by atoms with Gasteiger partial charge in [0.1, 0.15) is 5.75 Å². The van der Waals surface area contributed by atoms with E-state index in [1.54, 1.807) is 38.4 Å². The monoisotopic (exact) mass is 207 g/mol. The SMILES string of the molecule is CN(C)C(=O)COc1ccccc1C=O. The number of para-hydroxylation sites is 1. The van der Waals surface area contributed by atoms with Crippen LogP contribution in [0.4, 0.5) is 0 Å². The van der Waals surface area contributed by atoms with Crippen molar-refractivity contribution in [3.8, 4) is 5.75 Å². The minimum Gasteiger partial charge on any atom is -0.483 e. The van der Waals surface area contributed by atoms with Crippen LogP contribution in [0, 0.1) is 0 Å². The number of benzene rings is 1. The molecular formula is C11H13NO3. The van der Waals surface area contributed by atoms with E-state index >= 15 is 0 Å². The summed E-state index contributed by atoms with van der Waals surface area (Å²) >= 11 is 0. The molecule has 0 heterocycles. The maximum Gasteiger partial charge on any atom is 0.259 e. The lowest BCUT2D eigenvalue weighted by molar-refractivity contribution is -0.130. The Bertz CT molecular complexity index is 361. The average Bonchev–Trinajstić information content (AvgIpc) is 2.26. The Hall–Kier alpha value is -1.84. The molecule has 0 saturated carbocycles. The molecule has 1 aromatic rings. The third-order valence-electron chi connectivity index (χ3n) is 1.90. The van der Waals surface area contributed by atoms with E-state index in [9.17, 15) is 9.59 Å². The number of carbonyl (C=O) groups excluding carboxylic acids is 2. The van der Waals surface area contributed by atoms with Crippen molar-refractivity contribution in [3.63, 3.8) is 0 Å². The summed E-state index contributed by atoms with van der Waals surface area (Å²) in [6.07, 6.45) is 0.704. The van der Waals surface area contributed by atoms with Crippen molar-refractivity contribution in [3.05, 3.63) is 29.8 Å². The van der Waals surface area contributed by atoms with Crippen LogP contribution < -0.4 is 4.74 Å². The first-order chi connectivity index (χ1) is 7.15. The highest BCUT2D eigenvalue weighted by molar-refractivity contribution is 5.80. The molecule has 0 radical (unpaired) electrons. The number of likely N-dealkylation sites (N-methyl/N-ethyl adjacent to an activating group) is 1. The normalized spacial score (nSPS) is 9.47. The molecule has 15 heavy (non-hydrogen) atoms. The van der Waals surface area contributed by atoms with Gasteiger partial charge < -0.3 is 9.64 Å². The molecule has 0 aromatic heterocycles. The van der Waals surface area contributed by atoms with Crippen molar-refractivity contribution in [2.75, 3.05) is 20.7 Å². The molecular weight excluding hydrogens is 194 g/mol. The zero-order valence-corrected chi connectivity index (χ0v) is 8.77. The van der Waals surface area contributed by atoms with Crippen molar-refractivity contribution in [2.45, 2.75) is 0 Å². The summed E-state index contributed by atoms with van der Waals surface area (Å²) in [5.41, 5.74) is 0.448. The van der Waals surface area contributed by atoms with Crippen molar-refractivity contribution >= 4 is 12.2 Å². The van der Waals surface area contributed by atoms with E-state index in [1.165, 1.54) is 4.90 Å². The van der Waals surface area contributed by atoms with Crippen LogP contribution in [-0.2, 0) is 4.79 Å². The molecule has 0 unspecified atom stereocenters. The van der Waals surface area contributed by atoms with Gasteiger partial charge in [-0.15, -0.1) is 0 Å². The second-order valence-corrected chi connectivity index (χ2v) is 3.23. The minimum absolute atomic E-state index is 0.0577. The highest BCUT2D eigenvalue weighted by Crippen LogP contribution is 2.15. The Kier molecular flexibility index (Phi) is 3.85. The lowest BCUT2D eigenvalue weighted by Gasteiger charge is -2.12. The summed E-state index contributed by atoms with van der Waals surface area (Å²) in [5, 5.41) is 0. The summed E-state index contributed by atoms with van der Waals surface area (Å²) in [6, 6.07) is 6.79. The molecule has 1 aromatic carbocycles. The van der Waals surface area contributed by atoms with Crippen molar-refractivity contribution in [2.24, 2.45) is 0 Å². The molecule has 0 atom stereocenters. The molecule has 80 valence electrons. The molecule has 0 spiro atoms. The van der Waals surface area contributed by atoms with Gasteiger partial charge in [-0.3, -0.25) is 9.59 Å². The topological polar surface area (TPSA) is 46.6 Å². The Morgan fingerprint density at radius 1 is 1.40 bits per heavy atom. The van der Waals surface area contributed by atoms with Crippen LogP contribution in [-0.4, -0.2) is 37.8 Å². The average molecular weight is 207 g/mol. The van der Waals surface area contributed by atoms with Gasteiger partial charge in [0.15, 0.2) is 12.9 Å². The largest absolute Gasteiger partial charge is 0.483 e. The van der Waals surface area contributed by atoms with Gasteiger partial charge in [0, 0.05) is 14.1 Å². The van der Waals surface area contributed by atoms with Gasteiger partial charge >= 0.3 is 0 Å². The summed E-state index contributed by atoms with van der Waals surface area (Å²) in [7, 11) is 3.30. The van der Waals surface area contributed by atoms with E-state index in [2.05, 4.69) is 0 Å². The zero-order valence-electron chi connectivity index (χ0n) is 8.77. The highest BCUT2D eigenvalue weighted by atomic mass is 16.5. The predicted octanol–water partition coefficient (Wildman–Crippen LogP) is 0.966. The molecule has 1 amide bonds. The second-order valence-electron chi connectivity index (χ2n) is 3.23. The quantitative estimate of drug-likeness (QED) is 0.691. The van der Waals surface area contributed by atoms with Crippen LogP contribution in [0.3, 0.4) is 0 Å². The van der Waals surface area contributed by atoms with Gasteiger partial charge in [0.25, 0.3) is 5.91 Å². The summed E-state index contributed by atoms with van der Waals surface area (Å²) in [4.78, 5) is 23.3. The molecule has 0 aliphatic rings. The third-order valence-corrected chi connectivity index (χ3v) is 1.90. The predicted molar refractivity (Wildman–Crippen MR) is 56.0 cm³/mol. The minimum atomic E-state index is -0.143. The maximum absolute atomic E-state index is 11.2. The van der Waals surface area contributed by atoms with Gasteiger partial charge in [0.05, 0.1) is 5.56 Å². The van der Waals surface area contributed by atoms with Gasteiger partial charge in [0.2, 0.25) is 0 Å². The fourth-order valence-corrected chi connectivity index (χ4v) is 0.978. The Balaban J connectivity index is 2.65. The van der Waals surface area contributed by atoms with Crippen LogP contribution >= 0.6 is 0 Å². The van der Waals surface area contributed by atoms with E-state index in [0.29, 0.717) is 17.6 Å². The maximum atomic E-state index is 11.2. The number of hydrogen-bond acceptors (Lipinski definition) is 3. The van der Waals surface area contributed by atoms with Crippen LogP contribution in [0.15, 0.2) is 24.3 Å². The number of carbonyl (C=O) groups is 2. The lowest BCUT2D eigenvalue weighted by Crippen LogP contribution is -2.27. The molecule has 0 bridgehead atoms. The Morgan fingerprint density at radius 3 is 2.67 bits per heavy atom. The van der Waals surface area contributed by atoms with Gasteiger partial charge in [-0.25, -0.2) is 0 Å². The van der Waals surface area contributed by atoms with E-state index in [1.807, 2.05) is 0 Å². The molecule has 0 aliphatic heterocycles. The van der Waals surface area contributed by atoms with E-state index in [-0.39, 0.29) is 12.5 Å². The van der Waals surface area contributed by atoms with Crippen LogP contribution in [0.25, 0.3) is 0 Å². The number of hydrogen-bond donors (Lipinski definition) is 0. The van der Waals surface area contributed by atoms with Gasteiger partial charge in [-0.05, 0) is 12.1 Å². The summed E-state index contributed by atoms with van der Waals surface area (Å²) in [6.45, 7) is -0.0577. The Labute approximate surface area is 88.5 Å². The van der Waals surface area contributed by atoms with Crippen molar-refractivity contribution in [1.82, 2.24) is 4.90 Å². The standard InChI is InChI=1S/C11H13NO3/c1-12(2)11(14)8-15-10-6-4-3-5-9(10)7-13/h3-7H,8H2,1-2H3. The number of rotatable bonds is 4. The van der Waals surface area contributed by atoms with E-state index in [4.69, 9.17) is 4.74 Å². The summed E-state index contributed by atoms with van der Waals surface area (Å²) < 4.78 is 5.23.